The zero-order chi connectivity index (χ0) is 15.2. The van der Waals surface area contributed by atoms with E-state index in [-0.39, 0.29) is 18.5 Å². The van der Waals surface area contributed by atoms with Crippen molar-refractivity contribution in [1.82, 2.24) is 19.9 Å². The molecule has 116 valence electrons. The van der Waals surface area contributed by atoms with E-state index >= 15 is 0 Å². The zero-order valence-corrected chi connectivity index (χ0v) is 12.8. The Balaban J connectivity index is 2.20. The van der Waals surface area contributed by atoms with Crippen molar-refractivity contribution in [2.24, 2.45) is 0 Å². The molecule has 1 amide bonds. The summed E-state index contributed by atoms with van der Waals surface area (Å²) in [4.78, 5) is 28.2. The number of nitrogens with zero attached hydrogens (tertiary/aromatic N) is 5. The minimum Gasteiger partial charge on any atom is -0.464 e. The fourth-order valence-electron chi connectivity index (χ4n) is 1.93. The summed E-state index contributed by atoms with van der Waals surface area (Å²) in [7, 11) is 1.80. The maximum atomic E-state index is 11.8. The number of carbonyl (C=O) groups is 1. The van der Waals surface area contributed by atoms with Crippen molar-refractivity contribution in [2.75, 3.05) is 50.1 Å². The van der Waals surface area contributed by atoms with Crippen molar-refractivity contribution in [3.8, 4) is 6.01 Å². The fraction of sp³-hybridized carbons (Fsp3) is 0.692. The minimum atomic E-state index is 0.0580. The van der Waals surface area contributed by atoms with Gasteiger partial charge < -0.3 is 19.9 Å². The molecule has 8 heteroatoms. The van der Waals surface area contributed by atoms with E-state index < -0.39 is 0 Å². The van der Waals surface area contributed by atoms with Crippen LogP contribution in [0.4, 0.5) is 11.9 Å². The second-order valence-electron chi connectivity index (χ2n) is 4.84. The number of ether oxygens (including phenoxy) is 1. The molecular weight excluding hydrogens is 272 g/mol. The molecule has 2 heterocycles. The first-order valence-electron chi connectivity index (χ1n) is 7.25. The number of piperazine rings is 1. The molecule has 1 fully saturated rings. The fourth-order valence-corrected chi connectivity index (χ4v) is 1.93. The highest BCUT2D eigenvalue weighted by Gasteiger charge is 2.24. The van der Waals surface area contributed by atoms with Gasteiger partial charge in [0, 0.05) is 26.7 Å². The highest BCUT2D eigenvalue weighted by Crippen LogP contribution is 2.17. The van der Waals surface area contributed by atoms with E-state index in [0.29, 0.717) is 31.6 Å². The molecule has 0 aliphatic carbocycles. The summed E-state index contributed by atoms with van der Waals surface area (Å²) in [6.07, 6.45) is 0.970. The second kappa shape index (κ2) is 7.05. The van der Waals surface area contributed by atoms with Gasteiger partial charge in [-0.1, -0.05) is 6.92 Å². The average molecular weight is 294 g/mol. The van der Waals surface area contributed by atoms with E-state index in [1.807, 2.05) is 11.8 Å². The molecule has 8 nitrogen and oxygen atoms in total. The van der Waals surface area contributed by atoms with E-state index in [1.54, 1.807) is 11.9 Å². The third kappa shape index (κ3) is 3.93. The Morgan fingerprint density at radius 3 is 2.71 bits per heavy atom. The van der Waals surface area contributed by atoms with Crippen LogP contribution in [0.1, 0.15) is 20.3 Å². The average Bonchev–Trinajstić information content (AvgIpc) is 2.48. The molecule has 2 rings (SSSR count). The molecule has 21 heavy (non-hydrogen) atoms. The Morgan fingerprint density at radius 2 is 2.05 bits per heavy atom. The number of rotatable bonds is 6. The van der Waals surface area contributed by atoms with Gasteiger partial charge in [0.2, 0.25) is 17.8 Å². The summed E-state index contributed by atoms with van der Waals surface area (Å²) in [6, 6.07) is 0.285. The second-order valence-corrected chi connectivity index (χ2v) is 4.84. The smallest absolute Gasteiger partial charge is 0.323 e. The first kappa shape index (κ1) is 15.3. The molecule has 0 radical (unpaired) electrons. The largest absolute Gasteiger partial charge is 0.464 e. The monoisotopic (exact) mass is 294 g/mol. The lowest BCUT2D eigenvalue weighted by atomic mass is 10.3. The third-order valence-electron chi connectivity index (χ3n) is 3.15. The van der Waals surface area contributed by atoms with Gasteiger partial charge in [0.25, 0.3) is 0 Å². The lowest BCUT2D eigenvalue weighted by molar-refractivity contribution is -0.129. The third-order valence-corrected chi connectivity index (χ3v) is 3.15. The maximum absolute atomic E-state index is 11.8. The van der Waals surface area contributed by atoms with Crippen LogP contribution >= 0.6 is 0 Å². The SMILES string of the molecule is CCCNc1nc(OCC)nc(N2CCN(C)C(=O)C2)n1. The topological polar surface area (TPSA) is 83.5 Å². The van der Waals surface area contributed by atoms with E-state index in [2.05, 4.69) is 27.2 Å². The number of nitrogens with one attached hydrogen (secondary N) is 1. The van der Waals surface area contributed by atoms with Crippen molar-refractivity contribution in [1.29, 1.82) is 0 Å². The predicted molar refractivity (Wildman–Crippen MR) is 79.6 cm³/mol. The number of hydrogen-bond acceptors (Lipinski definition) is 7. The van der Waals surface area contributed by atoms with Crippen molar-refractivity contribution in [3.05, 3.63) is 0 Å². The van der Waals surface area contributed by atoms with Gasteiger partial charge in [0.15, 0.2) is 0 Å². The molecule has 1 N–H and O–H groups in total. The van der Waals surface area contributed by atoms with Crippen LogP contribution in [0.5, 0.6) is 6.01 Å². The summed E-state index contributed by atoms with van der Waals surface area (Å²) in [5.74, 6) is 1.02. The molecule has 1 aliphatic heterocycles. The number of aromatic nitrogens is 3. The maximum Gasteiger partial charge on any atom is 0.323 e. The van der Waals surface area contributed by atoms with Crippen molar-refractivity contribution < 1.29 is 9.53 Å². The van der Waals surface area contributed by atoms with Gasteiger partial charge in [-0.3, -0.25) is 4.79 Å². The first-order chi connectivity index (χ1) is 10.1. The van der Waals surface area contributed by atoms with Crippen LogP contribution in [0.25, 0.3) is 0 Å². The standard InChI is InChI=1S/C13H22N6O2/c1-4-6-14-11-15-12(17-13(16-11)21-5-2)19-8-7-18(3)10(20)9-19/h4-9H2,1-3H3,(H,14,15,16,17). The van der Waals surface area contributed by atoms with E-state index in [1.165, 1.54) is 0 Å². The van der Waals surface area contributed by atoms with Crippen LogP contribution in [0.2, 0.25) is 0 Å². The molecule has 0 spiro atoms. The summed E-state index contributed by atoms with van der Waals surface area (Å²) in [6.45, 7) is 6.84. The van der Waals surface area contributed by atoms with Gasteiger partial charge in [0.05, 0.1) is 13.2 Å². The van der Waals surface area contributed by atoms with Gasteiger partial charge >= 0.3 is 6.01 Å². The highest BCUT2D eigenvalue weighted by atomic mass is 16.5. The van der Waals surface area contributed by atoms with Crippen LogP contribution in [-0.4, -0.2) is 65.6 Å². The lowest BCUT2D eigenvalue weighted by Crippen LogP contribution is -2.49. The van der Waals surface area contributed by atoms with E-state index in [4.69, 9.17) is 4.74 Å². The molecule has 0 aromatic carbocycles. The lowest BCUT2D eigenvalue weighted by Gasteiger charge is -2.31. The van der Waals surface area contributed by atoms with Gasteiger partial charge in [-0.25, -0.2) is 0 Å². The summed E-state index contributed by atoms with van der Waals surface area (Å²) in [5.41, 5.74) is 0. The minimum absolute atomic E-state index is 0.0580. The molecule has 1 aromatic heterocycles. The Kier molecular flexibility index (Phi) is 5.13. The van der Waals surface area contributed by atoms with Gasteiger partial charge in [0.1, 0.15) is 0 Å². The first-order valence-corrected chi connectivity index (χ1v) is 7.25. The number of hydrogen-bond donors (Lipinski definition) is 1. The molecule has 1 aromatic rings. The van der Waals surface area contributed by atoms with Gasteiger partial charge in [-0.05, 0) is 13.3 Å². The highest BCUT2D eigenvalue weighted by molar-refractivity contribution is 5.81. The van der Waals surface area contributed by atoms with Gasteiger partial charge in [-0.15, -0.1) is 0 Å². The van der Waals surface area contributed by atoms with Crippen LogP contribution in [0, 0.1) is 0 Å². The summed E-state index contributed by atoms with van der Waals surface area (Å²) >= 11 is 0. The van der Waals surface area contributed by atoms with Crippen LogP contribution < -0.4 is 15.0 Å². The van der Waals surface area contributed by atoms with E-state index in [9.17, 15) is 4.79 Å². The number of anilines is 2. The Labute approximate surface area is 124 Å². The summed E-state index contributed by atoms with van der Waals surface area (Å²) < 4.78 is 5.38. The molecular formula is C13H22N6O2. The van der Waals surface area contributed by atoms with Crippen LogP contribution in [-0.2, 0) is 4.79 Å². The van der Waals surface area contributed by atoms with Crippen molar-refractivity contribution in [3.63, 3.8) is 0 Å². The summed E-state index contributed by atoms with van der Waals surface area (Å²) in [5, 5.41) is 3.13. The van der Waals surface area contributed by atoms with Crippen molar-refractivity contribution >= 4 is 17.8 Å². The zero-order valence-electron chi connectivity index (χ0n) is 12.8. The Hall–Kier alpha value is -2.12. The number of likely N-dealkylation sites (N-methyl/N-ethyl adjacent to an activating group) is 1. The predicted octanol–water partition coefficient (Wildman–Crippen LogP) is 0.371. The van der Waals surface area contributed by atoms with Crippen LogP contribution in [0.15, 0.2) is 0 Å². The molecule has 0 saturated carbocycles. The molecule has 1 saturated heterocycles. The quantitative estimate of drug-likeness (QED) is 0.811. The molecule has 0 bridgehead atoms. The number of amides is 1. The van der Waals surface area contributed by atoms with Gasteiger partial charge in [-0.2, -0.15) is 15.0 Å². The Morgan fingerprint density at radius 1 is 1.24 bits per heavy atom. The molecule has 1 aliphatic rings. The van der Waals surface area contributed by atoms with Crippen LogP contribution in [0.3, 0.4) is 0 Å². The van der Waals surface area contributed by atoms with Crippen molar-refractivity contribution in [2.45, 2.75) is 20.3 Å². The normalized spacial score (nSPS) is 15.3. The Bertz CT molecular complexity index is 496. The molecule has 0 unspecified atom stereocenters. The number of carbonyl (C=O) groups excluding carboxylic acids is 1. The molecule has 0 atom stereocenters. The van der Waals surface area contributed by atoms with E-state index in [0.717, 1.165) is 13.0 Å².